The van der Waals surface area contributed by atoms with Gasteiger partial charge in [-0.05, 0) is 62.4 Å². The number of carbonyl (C=O) groups is 2. The van der Waals surface area contributed by atoms with E-state index in [0.717, 1.165) is 8.78 Å². The Labute approximate surface area is 161 Å². The number of benzene rings is 2. The van der Waals surface area contributed by atoms with Crippen molar-refractivity contribution < 1.29 is 18.0 Å². The second-order valence-electron chi connectivity index (χ2n) is 5.57. The Kier molecular flexibility index (Phi) is 6.55. The lowest BCUT2D eigenvalue weighted by Gasteiger charge is -2.23. The number of carbonyl (C=O) groups excluding carboxylic acids is 2. The van der Waals surface area contributed by atoms with Gasteiger partial charge in [0.05, 0.1) is 11.4 Å². The molecule has 2 aromatic carbocycles. The molecule has 0 aromatic heterocycles. The second-order valence-corrected chi connectivity index (χ2v) is 8.66. The topological polar surface area (TPSA) is 83.6 Å². The number of nitrogens with zero attached hydrogens (tertiary/aromatic N) is 1. The Balaban J connectivity index is 2.23. The van der Waals surface area contributed by atoms with Crippen molar-refractivity contribution in [1.82, 2.24) is 0 Å². The number of Topliss-reactive ketones (excluding diaryl/α,β-unsaturated/α-hetero) is 1. The van der Waals surface area contributed by atoms with E-state index in [-0.39, 0.29) is 18.1 Å². The van der Waals surface area contributed by atoms with Gasteiger partial charge < -0.3 is 5.32 Å². The standard InChI is InChI=1S/C18H19BrN2O4S/c1-3-26(24,25)21(17-10-4-14(5-11-17)13(2)22)12-18(23)20-16-8-6-15(19)7-9-16/h4-11H,3,12H2,1-2H3,(H,20,23). The molecule has 0 heterocycles. The Morgan fingerprint density at radius 1 is 1.04 bits per heavy atom. The van der Waals surface area contributed by atoms with E-state index in [9.17, 15) is 18.0 Å². The first-order chi connectivity index (χ1) is 12.2. The van der Waals surface area contributed by atoms with Crippen LogP contribution in [0.4, 0.5) is 11.4 Å². The second kappa shape index (κ2) is 8.46. The van der Waals surface area contributed by atoms with Gasteiger partial charge in [-0.1, -0.05) is 15.9 Å². The highest BCUT2D eigenvalue weighted by molar-refractivity contribution is 9.10. The van der Waals surface area contributed by atoms with E-state index in [1.807, 2.05) is 0 Å². The van der Waals surface area contributed by atoms with E-state index in [0.29, 0.717) is 16.9 Å². The van der Waals surface area contributed by atoms with Gasteiger partial charge in [0.15, 0.2) is 5.78 Å². The van der Waals surface area contributed by atoms with Crippen LogP contribution in [0.25, 0.3) is 0 Å². The third-order valence-electron chi connectivity index (χ3n) is 3.68. The van der Waals surface area contributed by atoms with E-state index in [2.05, 4.69) is 21.2 Å². The van der Waals surface area contributed by atoms with Crippen LogP contribution in [0, 0.1) is 0 Å². The van der Waals surface area contributed by atoms with Gasteiger partial charge in [-0.2, -0.15) is 0 Å². The van der Waals surface area contributed by atoms with Gasteiger partial charge in [-0.3, -0.25) is 13.9 Å². The van der Waals surface area contributed by atoms with Crippen molar-refractivity contribution >= 4 is 49.0 Å². The van der Waals surface area contributed by atoms with Crippen molar-refractivity contribution in [3.63, 3.8) is 0 Å². The molecule has 6 nitrogen and oxygen atoms in total. The van der Waals surface area contributed by atoms with E-state index in [4.69, 9.17) is 0 Å². The largest absolute Gasteiger partial charge is 0.325 e. The van der Waals surface area contributed by atoms with Crippen LogP contribution in [0.5, 0.6) is 0 Å². The molecule has 0 atom stereocenters. The zero-order valence-electron chi connectivity index (χ0n) is 14.4. The minimum atomic E-state index is -3.66. The Morgan fingerprint density at radius 3 is 2.12 bits per heavy atom. The quantitative estimate of drug-likeness (QED) is 0.670. The molecule has 0 aliphatic carbocycles. The SMILES string of the molecule is CCS(=O)(=O)N(CC(=O)Nc1ccc(Br)cc1)c1ccc(C(C)=O)cc1. The van der Waals surface area contributed by atoms with Gasteiger partial charge in [0.2, 0.25) is 15.9 Å². The van der Waals surface area contributed by atoms with Crippen LogP contribution in [-0.4, -0.2) is 32.4 Å². The maximum absolute atomic E-state index is 12.4. The molecule has 26 heavy (non-hydrogen) atoms. The predicted octanol–water partition coefficient (Wildman–Crippen LogP) is 3.45. The summed E-state index contributed by atoms with van der Waals surface area (Å²) in [6.45, 7) is 2.59. The van der Waals surface area contributed by atoms with Crippen molar-refractivity contribution in [2.75, 3.05) is 21.9 Å². The van der Waals surface area contributed by atoms with Gasteiger partial charge in [0.25, 0.3) is 0 Å². The fourth-order valence-electron chi connectivity index (χ4n) is 2.23. The summed E-state index contributed by atoms with van der Waals surface area (Å²) in [5, 5.41) is 2.68. The van der Waals surface area contributed by atoms with Gasteiger partial charge in [-0.15, -0.1) is 0 Å². The van der Waals surface area contributed by atoms with Crippen molar-refractivity contribution in [2.24, 2.45) is 0 Å². The van der Waals surface area contributed by atoms with Crippen LogP contribution >= 0.6 is 15.9 Å². The summed E-state index contributed by atoms with van der Waals surface area (Å²) in [5.74, 6) is -0.720. The number of ketones is 1. The van der Waals surface area contributed by atoms with E-state index in [1.54, 1.807) is 36.4 Å². The van der Waals surface area contributed by atoms with Gasteiger partial charge in [0, 0.05) is 15.7 Å². The smallest absolute Gasteiger partial charge is 0.245 e. The molecule has 0 spiro atoms. The van der Waals surface area contributed by atoms with Crippen LogP contribution < -0.4 is 9.62 Å². The fraction of sp³-hybridized carbons (Fsp3) is 0.222. The summed E-state index contributed by atoms with van der Waals surface area (Å²) < 4.78 is 26.8. The maximum Gasteiger partial charge on any atom is 0.245 e. The van der Waals surface area contributed by atoms with Crippen LogP contribution in [0.3, 0.4) is 0 Å². The molecule has 0 aliphatic rings. The van der Waals surface area contributed by atoms with E-state index < -0.39 is 15.9 Å². The van der Waals surface area contributed by atoms with Crippen molar-refractivity contribution in [1.29, 1.82) is 0 Å². The third kappa shape index (κ3) is 5.15. The Hall–Kier alpha value is -2.19. The van der Waals surface area contributed by atoms with Gasteiger partial charge in [-0.25, -0.2) is 8.42 Å². The molecule has 2 aromatic rings. The van der Waals surface area contributed by atoms with Crippen LogP contribution in [0.1, 0.15) is 24.2 Å². The number of hydrogen-bond acceptors (Lipinski definition) is 4. The number of sulfonamides is 1. The Morgan fingerprint density at radius 2 is 1.62 bits per heavy atom. The summed E-state index contributed by atoms with van der Waals surface area (Å²) >= 11 is 3.31. The minimum Gasteiger partial charge on any atom is -0.325 e. The first-order valence-electron chi connectivity index (χ1n) is 7.90. The molecule has 0 unspecified atom stereocenters. The number of hydrogen-bond donors (Lipinski definition) is 1. The molecule has 0 saturated carbocycles. The number of anilines is 2. The third-order valence-corrected chi connectivity index (χ3v) is 5.95. The molecule has 0 aliphatic heterocycles. The molecule has 1 N–H and O–H groups in total. The molecule has 0 fully saturated rings. The van der Waals surface area contributed by atoms with Gasteiger partial charge in [0.1, 0.15) is 6.54 Å². The number of amides is 1. The highest BCUT2D eigenvalue weighted by Crippen LogP contribution is 2.20. The lowest BCUT2D eigenvalue weighted by atomic mass is 10.1. The minimum absolute atomic E-state index is 0.116. The summed E-state index contributed by atoms with van der Waals surface area (Å²) in [6, 6.07) is 13.1. The molecule has 138 valence electrons. The van der Waals surface area contributed by atoms with E-state index >= 15 is 0 Å². The average molecular weight is 439 g/mol. The van der Waals surface area contributed by atoms with Crippen LogP contribution in [-0.2, 0) is 14.8 Å². The summed E-state index contributed by atoms with van der Waals surface area (Å²) in [5.41, 5.74) is 1.38. The molecule has 0 bridgehead atoms. The summed E-state index contributed by atoms with van der Waals surface area (Å²) in [6.07, 6.45) is 0. The number of halogens is 1. The fourth-order valence-corrected chi connectivity index (χ4v) is 3.57. The molecular formula is C18H19BrN2O4S. The lowest BCUT2D eigenvalue weighted by molar-refractivity contribution is -0.114. The van der Waals surface area contributed by atoms with Gasteiger partial charge >= 0.3 is 0 Å². The highest BCUT2D eigenvalue weighted by atomic mass is 79.9. The molecule has 0 saturated heterocycles. The molecule has 2 rings (SSSR count). The van der Waals surface area contributed by atoms with Crippen LogP contribution in [0.15, 0.2) is 53.0 Å². The lowest BCUT2D eigenvalue weighted by Crippen LogP contribution is -2.39. The first-order valence-corrected chi connectivity index (χ1v) is 10.3. The molecule has 8 heteroatoms. The maximum atomic E-state index is 12.4. The monoisotopic (exact) mass is 438 g/mol. The van der Waals surface area contributed by atoms with Crippen molar-refractivity contribution in [3.8, 4) is 0 Å². The number of nitrogens with one attached hydrogen (secondary N) is 1. The number of rotatable bonds is 7. The van der Waals surface area contributed by atoms with Crippen LogP contribution in [0.2, 0.25) is 0 Å². The average Bonchev–Trinajstić information content (AvgIpc) is 2.61. The summed E-state index contributed by atoms with van der Waals surface area (Å²) in [4.78, 5) is 23.7. The molecular weight excluding hydrogens is 420 g/mol. The molecule has 0 radical (unpaired) electrons. The zero-order chi connectivity index (χ0) is 19.3. The normalized spacial score (nSPS) is 11.0. The highest BCUT2D eigenvalue weighted by Gasteiger charge is 2.23. The first kappa shape index (κ1) is 20.1. The van der Waals surface area contributed by atoms with Crippen molar-refractivity contribution in [2.45, 2.75) is 13.8 Å². The summed E-state index contributed by atoms with van der Waals surface area (Å²) in [7, 11) is -3.66. The zero-order valence-corrected chi connectivity index (χ0v) is 16.8. The van der Waals surface area contributed by atoms with Crippen molar-refractivity contribution in [3.05, 3.63) is 58.6 Å². The molecule has 1 amide bonds. The predicted molar refractivity (Wildman–Crippen MR) is 106 cm³/mol. The Bertz CT molecular complexity index is 894. The van der Waals surface area contributed by atoms with E-state index in [1.165, 1.54) is 26.0 Å².